The first-order valence-electron chi connectivity index (χ1n) is 7.51. The SMILES string of the molecule is COCC(=O)Nc1ccc(NC2CCCN(C)CC2)cc1. The number of nitrogens with one attached hydrogen (secondary N) is 2. The maximum Gasteiger partial charge on any atom is 0.250 e. The van der Waals surface area contributed by atoms with Crippen LogP contribution < -0.4 is 10.6 Å². The van der Waals surface area contributed by atoms with E-state index in [1.54, 1.807) is 0 Å². The number of benzene rings is 1. The zero-order valence-electron chi connectivity index (χ0n) is 12.9. The fraction of sp³-hybridized carbons (Fsp3) is 0.562. The molecule has 1 heterocycles. The molecule has 1 aromatic rings. The molecule has 0 spiro atoms. The molecule has 0 saturated carbocycles. The number of carbonyl (C=O) groups excluding carboxylic acids is 1. The first kappa shape index (κ1) is 15.8. The molecule has 1 fully saturated rings. The van der Waals surface area contributed by atoms with Crippen LogP contribution in [0.15, 0.2) is 24.3 Å². The summed E-state index contributed by atoms with van der Waals surface area (Å²) in [5, 5.41) is 6.37. The highest BCUT2D eigenvalue weighted by molar-refractivity contribution is 5.91. The first-order valence-corrected chi connectivity index (χ1v) is 7.51. The summed E-state index contributed by atoms with van der Waals surface area (Å²) in [6.45, 7) is 2.40. The van der Waals surface area contributed by atoms with Crippen molar-refractivity contribution < 1.29 is 9.53 Å². The molecule has 0 aromatic heterocycles. The van der Waals surface area contributed by atoms with Crippen molar-refractivity contribution in [1.82, 2.24) is 4.90 Å². The van der Waals surface area contributed by atoms with E-state index in [1.807, 2.05) is 24.3 Å². The molecular formula is C16H25N3O2. The van der Waals surface area contributed by atoms with Gasteiger partial charge in [-0.1, -0.05) is 0 Å². The second-order valence-corrected chi connectivity index (χ2v) is 5.63. The number of hydrogen-bond donors (Lipinski definition) is 2. The summed E-state index contributed by atoms with van der Waals surface area (Å²) in [6.07, 6.45) is 3.61. The van der Waals surface area contributed by atoms with Gasteiger partial charge in [-0.2, -0.15) is 0 Å². The van der Waals surface area contributed by atoms with Crippen LogP contribution in [0.1, 0.15) is 19.3 Å². The topological polar surface area (TPSA) is 53.6 Å². The van der Waals surface area contributed by atoms with Gasteiger partial charge in [0.15, 0.2) is 0 Å². The monoisotopic (exact) mass is 291 g/mol. The number of amides is 1. The van der Waals surface area contributed by atoms with Crippen molar-refractivity contribution in [1.29, 1.82) is 0 Å². The van der Waals surface area contributed by atoms with Crippen LogP contribution in [-0.4, -0.2) is 50.7 Å². The smallest absolute Gasteiger partial charge is 0.250 e. The van der Waals surface area contributed by atoms with Crippen molar-refractivity contribution >= 4 is 17.3 Å². The lowest BCUT2D eigenvalue weighted by Crippen LogP contribution is -2.23. The zero-order chi connectivity index (χ0) is 15.1. The predicted molar refractivity (Wildman–Crippen MR) is 85.7 cm³/mol. The van der Waals surface area contributed by atoms with Gasteiger partial charge in [0.2, 0.25) is 5.91 Å². The Hall–Kier alpha value is -1.59. The molecule has 1 amide bonds. The molecule has 116 valence electrons. The zero-order valence-corrected chi connectivity index (χ0v) is 12.9. The molecule has 5 heteroatoms. The van der Waals surface area contributed by atoms with Crippen molar-refractivity contribution in [2.75, 3.05) is 44.5 Å². The molecule has 1 aromatic carbocycles. The highest BCUT2D eigenvalue weighted by Crippen LogP contribution is 2.18. The van der Waals surface area contributed by atoms with E-state index in [-0.39, 0.29) is 12.5 Å². The Morgan fingerprint density at radius 3 is 2.67 bits per heavy atom. The van der Waals surface area contributed by atoms with E-state index in [9.17, 15) is 4.79 Å². The molecular weight excluding hydrogens is 266 g/mol. The summed E-state index contributed by atoms with van der Waals surface area (Å²) in [4.78, 5) is 13.8. The molecule has 2 rings (SSSR count). The minimum Gasteiger partial charge on any atom is -0.382 e. The average Bonchev–Trinajstić information content (AvgIpc) is 2.66. The van der Waals surface area contributed by atoms with Crippen LogP contribution in [0.2, 0.25) is 0 Å². The summed E-state index contributed by atoms with van der Waals surface area (Å²) in [7, 11) is 3.69. The Morgan fingerprint density at radius 2 is 1.95 bits per heavy atom. The lowest BCUT2D eigenvalue weighted by Gasteiger charge is -2.18. The first-order chi connectivity index (χ1) is 10.2. The van der Waals surface area contributed by atoms with E-state index in [1.165, 1.54) is 32.9 Å². The van der Waals surface area contributed by atoms with Crippen LogP contribution in [-0.2, 0) is 9.53 Å². The maximum atomic E-state index is 11.4. The molecule has 0 aliphatic carbocycles. The fourth-order valence-corrected chi connectivity index (χ4v) is 2.60. The van der Waals surface area contributed by atoms with Crippen molar-refractivity contribution in [3.63, 3.8) is 0 Å². The minimum atomic E-state index is -0.134. The van der Waals surface area contributed by atoms with Gasteiger partial charge in [0, 0.05) is 24.5 Å². The number of hydrogen-bond acceptors (Lipinski definition) is 4. The average molecular weight is 291 g/mol. The van der Waals surface area contributed by atoms with Crippen molar-refractivity contribution in [2.45, 2.75) is 25.3 Å². The second kappa shape index (κ2) is 8.00. The third-order valence-electron chi connectivity index (χ3n) is 3.77. The fourth-order valence-electron chi connectivity index (χ4n) is 2.60. The van der Waals surface area contributed by atoms with Gasteiger partial charge in [0.25, 0.3) is 0 Å². The molecule has 1 aliphatic rings. The highest BCUT2D eigenvalue weighted by atomic mass is 16.5. The van der Waals surface area contributed by atoms with Gasteiger partial charge in [-0.05, 0) is 63.7 Å². The molecule has 1 aliphatic heterocycles. The maximum absolute atomic E-state index is 11.4. The van der Waals surface area contributed by atoms with Gasteiger partial charge in [0.05, 0.1) is 0 Å². The van der Waals surface area contributed by atoms with Crippen LogP contribution in [0.3, 0.4) is 0 Å². The molecule has 1 saturated heterocycles. The van der Waals surface area contributed by atoms with E-state index in [0.717, 1.165) is 17.9 Å². The van der Waals surface area contributed by atoms with Crippen LogP contribution in [0.5, 0.6) is 0 Å². The summed E-state index contributed by atoms with van der Waals surface area (Å²) >= 11 is 0. The number of carbonyl (C=O) groups is 1. The molecule has 1 atom stereocenters. The molecule has 1 unspecified atom stereocenters. The third kappa shape index (κ3) is 5.36. The quantitative estimate of drug-likeness (QED) is 0.873. The predicted octanol–water partition coefficient (Wildman–Crippen LogP) is 2.17. The van der Waals surface area contributed by atoms with Crippen LogP contribution in [0.25, 0.3) is 0 Å². The lowest BCUT2D eigenvalue weighted by molar-refractivity contribution is -0.119. The van der Waals surface area contributed by atoms with Crippen molar-refractivity contribution in [2.24, 2.45) is 0 Å². The van der Waals surface area contributed by atoms with Gasteiger partial charge in [-0.3, -0.25) is 4.79 Å². The van der Waals surface area contributed by atoms with E-state index in [0.29, 0.717) is 6.04 Å². The Kier molecular flexibility index (Phi) is 6.02. The second-order valence-electron chi connectivity index (χ2n) is 5.63. The van der Waals surface area contributed by atoms with E-state index >= 15 is 0 Å². The summed E-state index contributed by atoms with van der Waals surface area (Å²) in [5.74, 6) is -0.134. The molecule has 21 heavy (non-hydrogen) atoms. The summed E-state index contributed by atoms with van der Waals surface area (Å²) in [5.41, 5.74) is 1.90. The number of nitrogens with zero attached hydrogens (tertiary/aromatic N) is 1. The number of methoxy groups -OCH3 is 1. The van der Waals surface area contributed by atoms with E-state index in [4.69, 9.17) is 4.74 Å². The minimum absolute atomic E-state index is 0.0790. The number of ether oxygens (including phenoxy) is 1. The largest absolute Gasteiger partial charge is 0.382 e. The van der Waals surface area contributed by atoms with Crippen molar-refractivity contribution in [3.8, 4) is 0 Å². The Morgan fingerprint density at radius 1 is 1.24 bits per heavy atom. The van der Waals surface area contributed by atoms with Crippen LogP contribution in [0, 0.1) is 0 Å². The molecule has 2 N–H and O–H groups in total. The summed E-state index contributed by atoms with van der Waals surface area (Å²) in [6, 6.07) is 8.38. The van der Waals surface area contributed by atoms with E-state index < -0.39 is 0 Å². The van der Waals surface area contributed by atoms with Gasteiger partial charge < -0.3 is 20.3 Å². The van der Waals surface area contributed by atoms with Crippen LogP contribution >= 0.6 is 0 Å². The standard InChI is InChI=1S/C16H25N3O2/c1-19-10-3-4-13(9-11-19)17-14-5-7-15(8-6-14)18-16(20)12-21-2/h5-8,13,17H,3-4,9-12H2,1-2H3,(H,18,20). The Balaban J connectivity index is 1.85. The lowest BCUT2D eigenvalue weighted by atomic mass is 10.1. The summed E-state index contributed by atoms with van der Waals surface area (Å²) < 4.78 is 4.79. The van der Waals surface area contributed by atoms with Gasteiger partial charge in [0.1, 0.15) is 6.61 Å². The molecule has 0 bridgehead atoms. The van der Waals surface area contributed by atoms with Gasteiger partial charge in [-0.25, -0.2) is 0 Å². The Bertz CT molecular complexity index is 447. The third-order valence-corrected chi connectivity index (χ3v) is 3.77. The number of rotatable bonds is 5. The highest BCUT2D eigenvalue weighted by Gasteiger charge is 2.14. The number of likely N-dealkylation sites (tertiary alicyclic amines) is 1. The normalized spacial score (nSPS) is 19.8. The molecule has 0 radical (unpaired) electrons. The van der Waals surface area contributed by atoms with E-state index in [2.05, 4.69) is 22.6 Å². The molecule has 5 nitrogen and oxygen atoms in total. The van der Waals surface area contributed by atoms with Gasteiger partial charge in [-0.15, -0.1) is 0 Å². The number of anilines is 2. The van der Waals surface area contributed by atoms with Crippen LogP contribution in [0.4, 0.5) is 11.4 Å². The van der Waals surface area contributed by atoms with Crippen molar-refractivity contribution in [3.05, 3.63) is 24.3 Å². The van der Waals surface area contributed by atoms with Gasteiger partial charge >= 0.3 is 0 Å². The Labute approximate surface area is 126 Å².